The van der Waals surface area contributed by atoms with Gasteiger partial charge in [-0.3, -0.25) is 5.41 Å². The number of hydrogen-bond acceptors (Lipinski definition) is 2. The van der Waals surface area contributed by atoms with Gasteiger partial charge in [0.2, 0.25) is 0 Å². The predicted octanol–water partition coefficient (Wildman–Crippen LogP) is 3.11. The number of benzene rings is 1. The van der Waals surface area contributed by atoms with Crippen molar-refractivity contribution in [2.45, 2.75) is 26.9 Å². The molecule has 0 amide bonds. The van der Waals surface area contributed by atoms with Crippen molar-refractivity contribution in [2.24, 2.45) is 11.7 Å². The lowest BCUT2D eigenvalue weighted by Crippen LogP contribution is -2.39. The van der Waals surface area contributed by atoms with Crippen LogP contribution in [0, 0.1) is 32.1 Å². The summed E-state index contributed by atoms with van der Waals surface area (Å²) in [5, 5.41) is 7.00. The molecule has 0 aliphatic rings. The molecular weight excluding hydrogens is 257 g/mol. The normalized spacial score (nSPS) is 13.2. The summed E-state index contributed by atoms with van der Waals surface area (Å²) in [6, 6.07) is 3.66. The second kappa shape index (κ2) is 5.50. The molecule has 1 unspecified atom stereocenters. The molecule has 1 atom stereocenters. The second-order valence-corrected chi connectivity index (χ2v) is 4.51. The van der Waals surface area contributed by atoms with E-state index in [-0.39, 0.29) is 0 Å². The first-order valence-electron chi connectivity index (χ1n) is 5.74. The third kappa shape index (κ3) is 3.62. The number of amidine groups is 1. The topological polar surface area (TPSA) is 59.1 Å². The Balaban J connectivity index is 2.93. The highest BCUT2D eigenvalue weighted by Gasteiger charge is 2.42. The highest BCUT2D eigenvalue weighted by molar-refractivity contribution is 5.80. The van der Waals surface area contributed by atoms with E-state index in [1.807, 2.05) is 13.0 Å². The van der Waals surface area contributed by atoms with Crippen LogP contribution < -0.4 is 10.5 Å². The fraction of sp³-hybridized carbons (Fsp3) is 0.462. The van der Waals surface area contributed by atoms with Gasteiger partial charge >= 0.3 is 6.18 Å². The van der Waals surface area contributed by atoms with Gasteiger partial charge in [0, 0.05) is 0 Å². The summed E-state index contributed by atoms with van der Waals surface area (Å²) in [6.07, 6.45) is -4.57. The van der Waals surface area contributed by atoms with Crippen molar-refractivity contribution < 1.29 is 17.9 Å². The molecular formula is C13H17F3N2O. The van der Waals surface area contributed by atoms with Crippen molar-refractivity contribution in [3.63, 3.8) is 0 Å². The molecule has 0 heterocycles. The molecule has 0 radical (unpaired) electrons. The van der Waals surface area contributed by atoms with Crippen LogP contribution in [0.15, 0.2) is 12.1 Å². The Morgan fingerprint density at radius 1 is 1.26 bits per heavy atom. The number of ether oxygens (including phenoxy) is 1. The van der Waals surface area contributed by atoms with Crippen LogP contribution in [0.3, 0.4) is 0 Å². The summed E-state index contributed by atoms with van der Waals surface area (Å²) in [5.74, 6) is -2.59. The minimum atomic E-state index is -4.57. The van der Waals surface area contributed by atoms with Crippen LogP contribution in [0.4, 0.5) is 13.2 Å². The Bertz CT molecular complexity index is 484. The summed E-state index contributed by atoms with van der Waals surface area (Å²) in [4.78, 5) is 0. The lowest BCUT2D eigenvalue weighted by atomic mass is 10.0. The van der Waals surface area contributed by atoms with Crippen LogP contribution >= 0.6 is 0 Å². The molecule has 106 valence electrons. The Morgan fingerprint density at radius 3 is 2.26 bits per heavy atom. The number of nitrogens with two attached hydrogens (primary N) is 1. The molecule has 19 heavy (non-hydrogen) atoms. The standard InChI is InChI=1S/C13H17F3N2O/c1-7-4-5-8(2)11(9(7)3)19-6-10(12(17)18)13(14,15)16/h4-5,10H,6H2,1-3H3,(H3,17,18). The fourth-order valence-electron chi connectivity index (χ4n) is 1.67. The van der Waals surface area contributed by atoms with E-state index in [1.54, 1.807) is 19.9 Å². The zero-order chi connectivity index (χ0) is 14.8. The van der Waals surface area contributed by atoms with Crippen LogP contribution in [0.2, 0.25) is 0 Å². The molecule has 1 aromatic rings. The SMILES string of the molecule is Cc1ccc(C)c(OCC(C(=N)N)C(F)(F)F)c1C. The number of halogens is 3. The van der Waals surface area contributed by atoms with E-state index in [0.717, 1.165) is 16.7 Å². The van der Waals surface area contributed by atoms with E-state index in [1.165, 1.54) is 0 Å². The maximum Gasteiger partial charge on any atom is 0.401 e. The smallest absolute Gasteiger partial charge is 0.401 e. The molecule has 0 aliphatic heterocycles. The Kier molecular flexibility index (Phi) is 4.44. The summed E-state index contributed by atoms with van der Waals surface area (Å²) < 4.78 is 43.2. The summed E-state index contributed by atoms with van der Waals surface area (Å²) in [6.45, 7) is 4.73. The average Bonchev–Trinajstić information content (AvgIpc) is 2.26. The lowest BCUT2D eigenvalue weighted by Gasteiger charge is -2.21. The van der Waals surface area contributed by atoms with E-state index in [4.69, 9.17) is 15.9 Å². The average molecular weight is 274 g/mol. The number of nitrogens with one attached hydrogen (secondary N) is 1. The molecule has 6 heteroatoms. The molecule has 0 saturated carbocycles. The van der Waals surface area contributed by atoms with Gasteiger partial charge in [-0.15, -0.1) is 0 Å². The van der Waals surface area contributed by atoms with E-state index in [0.29, 0.717) is 5.75 Å². The van der Waals surface area contributed by atoms with Crippen LogP contribution in [0.25, 0.3) is 0 Å². The lowest BCUT2D eigenvalue weighted by molar-refractivity contribution is -0.162. The number of rotatable bonds is 4. The predicted molar refractivity (Wildman–Crippen MR) is 67.6 cm³/mol. The molecule has 1 aromatic carbocycles. The van der Waals surface area contributed by atoms with Gasteiger partial charge in [-0.05, 0) is 37.5 Å². The van der Waals surface area contributed by atoms with E-state index >= 15 is 0 Å². The summed E-state index contributed by atoms with van der Waals surface area (Å²) >= 11 is 0. The van der Waals surface area contributed by atoms with Gasteiger partial charge in [-0.2, -0.15) is 13.2 Å². The van der Waals surface area contributed by atoms with Crippen molar-refractivity contribution in [2.75, 3.05) is 6.61 Å². The first-order chi connectivity index (χ1) is 8.64. The van der Waals surface area contributed by atoms with Crippen molar-refractivity contribution >= 4 is 5.84 Å². The molecule has 1 rings (SSSR count). The van der Waals surface area contributed by atoms with Gasteiger partial charge in [0.1, 0.15) is 24.1 Å². The maximum absolute atomic E-state index is 12.7. The zero-order valence-electron chi connectivity index (χ0n) is 11.1. The van der Waals surface area contributed by atoms with Crippen LogP contribution in [-0.4, -0.2) is 18.6 Å². The van der Waals surface area contributed by atoms with Crippen LogP contribution in [0.1, 0.15) is 16.7 Å². The molecule has 0 bridgehead atoms. The Labute approximate surface area is 110 Å². The van der Waals surface area contributed by atoms with Gasteiger partial charge in [-0.25, -0.2) is 0 Å². The third-order valence-electron chi connectivity index (χ3n) is 3.04. The zero-order valence-corrected chi connectivity index (χ0v) is 11.1. The highest BCUT2D eigenvalue weighted by atomic mass is 19.4. The first kappa shape index (κ1) is 15.3. The van der Waals surface area contributed by atoms with Crippen molar-refractivity contribution in [1.29, 1.82) is 5.41 Å². The third-order valence-corrected chi connectivity index (χ3v) is 3.04. The van der Waals surface area contributed by atoms with Crippen molar-refractivity contribution in [3.05, 3.63) is 28.8 Å². The number of hydrogen-bond donors (Lipinski definition) is 2. The summed E-state index contributed by atoms with van der Waals surface area (Å²) in [7, 11) is 0. The minimum Gasteiger partial charge on any atom is -0.492 e. The largest absolute Gasteiger partial charge is 0.492 e. The molecule has 0 fully saturated rings. The molecule has 0 aliphatic carbocycles. The molecule has 0 aromatic heterocycles. The van der Waals surface area contributed by atoms with Gasteiger partial charge in [-0.1, -0.05) is 12.1 Å². The second-order valence-electron chi connectivity index (χ2n) is 4.51. The van der Waals surface area contributed by atoms with E-state index in [2.05, 4.69) is 0 Å². The quantitative estimate of drug-likeness (QED) is 0.654. The monoisotopic (exact) mass is 274 g/mol. The van der Waals surface area contributed by atoms with E-state index < -0.39 is 24.5 Å². The Hall–Kier alpha value is -1.72. The van der Waals surface area contributed by atoms with Crippen LogP contribution in [0.5, 0.6) is 5.75 Å². The van der Waals surface area contributed by atoms with Gasteiger partial charge < -0.3 is 10.5 Å². The van der Waals surface area contributed by atoms with Crippen molar-refractivity contribution in [3.8, 4) is 5.75 Å². The van der Waals surface area contributed by atoms with Gasteiger partial charge in [0.25, 0.3) is 0 Å². The van der Waals surface area contributed by atoms with Crippen LogP contribution in [-0.2, 0) is 0 Å². The molecule has 0 spiro atoms. The maximum atomic E-state index is 12.7. The molecule has 0 saturated heterocycles. The highest BCUT2D eigenvalue weighted by Crippen LogP contribution is 2.30. The fourth-order valence-corrected chi connectivity index (χ4v) is 1.67. The molecule has 3 nitrogen and oxygen atoms in total. The first-order valence-corrected chi connectivity index (χ1v) is 5.74. The van der Waals surface area contributed by atoms with E-state index in [9.17, 15) is 13.2 Å². The minimum absolute atomic E-state index is 0.426. The summed E-state index contributed by atoms with van der Waals surface area (Å²) in [5.41, 5.74) is 7.47. The Morgan fingerprint density at radius 2 is 1.79 bits per heavy atom. The van der Waals surface area contributed by atoms with Gasteiger partial charge in [0.15, 0.2) is 0 Å². The number of aryl methyl sites for hydroxylation is 2. The van der Waals surface area contributed by atoms with Crippen molar-refractivity contribution in [1.82, 2.24) is 0 Å². The number of alkyl halides is 3. The van der Waals surface area contributed by atoms with Gasteiger partial charge in [0.05, 0.1) is 0 Å². The molecule has 3 N–H and O–H groups in total.